The molecule has 0 aromatic heterocycles. The van der Waals surface area contributed by atoms with Crippen molar-refractivity contribution in [2.24, 2.45) is 0 Å². The Bertz CT molecular complexity index is 640. The molecule has 0 bridgehead atoms. The van der Waals surface area contributed by atoms with Gasteiger partial charge in [0.25, 0.3) is 0 Å². The quantitative estimate of drug-likeness (QED) is 0.502. The molecule has 1 heterocycles. The van der Waals surface area contributed by atoms with Gasteiger partial charge in [-0.25, -0.2) is 0 Å². The fraction of sp³-hybridized carbons (Fsp3) is 0.0667. The molecular formula is C15H10ClIOSe. The molecule has 19 heavy (non-hydrogen) atoms. The molecule has 0 unspecified atom stereocenters. The Morgan fingerprint density at radius 1 is 1.11 bits per heavy atom. The van der Waals surface area contributed by atoms with E-state index in [4.69, 9.17) is 16.3 Å². The van der Waals surface area contributed by atoms with Crippen LogP contribution in [-0.4, -0.2) is 21.6 Å². The number of hydrogen-bond acceptors (Lipinski definition) is 1. The van der Waals surface area contributed by atoms with E-state index < -0.39 is 0 Å². The molecular weight excluding hydrogens is 437 g/mol. The van der Waals surface area contributed by atoms with Crippen molar-refractivity contribution in [1.29, 1.82) is 0 Å². The fourth-order valence-electron chi connectivity index (χ4n) is 1.87. The first kappa shape index (κ1) is 13.5. The number of benzene rings is 2. The summed E-state index contributed by atoms with van der Waals surface area (Å²) in [6.45, 7) is 0.651. The van der Waals surface area contributed by atoms with Gasteiger partial charge in [0.2, 0.25) is 0 Å². The maximum absolute atomic E-state index is 6.03. The van der Waals surface area contributed by atoms with Crippen LogP contribution in [0.5, 0.6) is 5.75 Å². The second-order valence-corrected chi connectivity index (χ2v) is 8.09. The predicted molar refractivity (Wildman–Crippen MR) is 89.7 cm³/mol. The molecule has 1 nitrogen and oxygen atoms in total. The summed E-state index contributed by atoms with van der Waals surface area (Å²) in [6.07, 6.45) is 0. The van der Waals surface area contributed by atoms with E-state index in [1.54, 1.807) is 0 Å². The van der Waals surface area contributed by atoms with Gasteiger partial charge in [-0.05, 0) is 0 Å². The van der Waals surface area contributed by atoms with Crippen molar-refractivity contribution in [3.8, 4) is 5.75 Å². The van der Waals surface area contributed by atoms with Crippen LogP contribution >= 0.6 is 34.2 Å². The average Bonchev–Trinajstić information content (AvgIpc) is 2.43. The van der Waals surface area contributed by atoms with E-state index in [9.17, 15) is 0 Å². The first-order chi connectivity index (χ1) is 9.24. The molecule has 1 aliphatic heterocycles. The van der Waals surface area contributed by atoms with Crippen molar-refractivity contribution in [2.45, 2.75) is 0 Å². The normalized spacial score (nSPS) is 14.0. The van der Waals surface area contributed by atoms with Crippen LogP contribution in [0.1, 0.15) is 5.56 Å². The van der Waals surface area contributed by atoms with Crippen molar-refractivity contribution < 1.29 is 4.74 Å². The number of ether oxygens (including phenoxy) is 1. The summed E-state index contributed by atoms with van der Waals surface area (Å²) in [5, 5.41) is 0.724. The van der Waals surface area contributed by atoms with Crippen LogP contribution in [0.25, 0.3) is 4.47 Å². The topological polar surface area (TPSA) is 9.23 Å². The number of fused-ring (bicyclic) bond motifs is 1. The van der Waals surface area contributed by atoms with E-state index in [1.807, 2.05) is 12.1 Å². The van der Waals surface area contributed by atoms with Gasteiger partial charge in [0.1, 0.15) is 0 Å². The fourth-order valence-corrected chi connectivity index (χ4v) is 5.10. The van der Waals surface area contributed by atoms with Gasteiger partial charge < -0.3 is 0 Å². The maximum atomic E-state index is 6.03. The molecule has 0 amide bonds. The molecule has 1 aliphatic rings. The van der Waals surface area contributed by atoms with Gasteiger partial charge in [-0.1, -0.05) is 0 Å². The molecule has 0 aliphatic carbocycles. The van der Waals surface area contributed by atoms with E-state index in [0.29, 0.717) is 21.6 Å². The van der Waals surface area contributed by atoms with Crippen molar-refractivity contribution in [1.82, 2.24) is 0 Å². The monoisotopic (exact) mass is 448 g/mol. The van der Waals surface area contributed by atoms with Crippen LogP contribution in [0.15, 0.2) is 52.1 Å². The van der Waals surface area contributed by atoms with Crippen LogP contribution in [-0.2, 0) is 0 Å². The van der Waals surface area contributed by atoms with Gasteiger partial charge in [0, 0.05) is 0 Å². The third-order valence-corrected chi connectivity index (χ3v) is 7.13. The predicted octanol–water partition coefficient (Wildman–Crippen LogP) is 3.87. The summed E-state index contributed by atoms with van der Waals surface area (Å²) in [4.78, 5) is 0. The van der Waals surface area contributed by atoms with Crippen LogP contribution in [0, 0.1) is 0 Å². The van der Waals surface area contributed by atoms with Crippen molar-refractivity contribution in [3.63, 3.8) is 0 Å². The molecule has 0 saturated heterocycles. The van der Waals surface area contributed by atoms with Crippen molar-refractivity contribution in [3.05, 3.63) is 62.7 Å². The Balaban J connectivity index is 2.00. The van der Waals surface area contributed by atoms with Gasteiger partial charge in [-0.2, -0.15) is 0 Å². The zero-order valence-electron chi connectivity index (χ0n) is 9.90. The average molecular weight is 448 g/mol. The molecule has 3 rings (SSSR count). The van der Waals surface area contributed by atoms with E-state index in [1.165, 1.54) is 18.1 Å². The number of hydrogen-bond donors (Lipinski definition) is 0. The van der Waals surface area contributed by atoms with Gasteiger partial charge >= 0.3 is 138 Å². The minimum absolute atomic E-state index is 0.296. The number of halogens is 2. The molecule has 0 radical (unpaired) electrons. The van der Waals surface area contributed by atoms with Gasteiger partial charge in [0.15, 0.2) is 0 Å². The Morgan fingerprint density at radius 3 is 2.68 bits per heavy atom. The molecule has 0 N–H and O–H groups in total. The Kier molecular flexibility index (Phi) is 4.18. The molecule has 0 saturated carbocycles. The molecule has 2 aromatic carbocycles. The molecule has 4 heteroatoms. The van der Waals surface area contributed by atoms with E-state index in [2.05, 4.69) is 59.0 Å². The Morgan fingerprint density at radius 2 is 1.89 bits per heavy atom. The van der Waals surface area contributed by atoms with Gasteiger partial charge in [-0.15, -0.1) is 0 Å². The minimum atomic E-state index is 0.296. The van der Waals surface area contributed by atoms with Crippen molar-refractivity contribution in [2.75, 3.05) is 6.61 Å². The molecule has 0 fully saturated rings. The van der Waals surface area contributed by atoms with Crippen LogP contribution in [0.4, 0.5) is 0 Å². The van der Waals surface area contributed by atoms with E-state index in [0.717, 1.165) is 10.8 Å². The van der Waals surface area contributed by atoms with Crippen LogP contribution in [0.2, 0.25) is 5.02 Å². The zero-order chi connectivity index (χ0) is 13.2. The van der Waals surface area contributed by atoms with Crippen LogP contribution in [0.3, 0.4) is 0 Å². The molecule has 2 aromatic rings. The first-order valence-corrected chi connectivity index (χ1v) is 8.95. The molecule has 0 spiro atoms. The summed E-state index contributed by atoms with van der Waals surface area (Å²) >= 11 is 8.71. The summed E-state index contributed by atoms with van der Waals surface area (Å²) in [7, 11) is 0. The third kappa shape index (κ3) is 3.00. The van der Waals surface area contributed by atoms with E-state index >= 15 is 0 Å². The second kappa shape index (κ2) is 5.88. The Labute approximate surface area is 137 Å². The third-order valence-electron chi connectivity index (χ3n) is 2.75. The first-order valence-electron chi connectivity index (χ1n) is 5.78. The molecule has 0 atom stereocenters. The van der Waals surface area contributed by atoms with Crippen LogP contribution < -0.4 is 9.20 Å². The van der Waals surface area contributed by atoms with Gasteiger partial charge in [-0.3, -0.25) is 0 Å². The molecule has 96 valence electrons. The van der Waals surface area contributed by atoms with E-state index in [-0.39, 0.29) is 0 Å². The zero-order valence-corrected chi connectivity index (χ0v) is 14.5. The summed E-state index contributed by atoms with van der Waals surface area (Å²) in [5.74, 6) is 0.903. The Hall–Kier alpha value is -0.481. The summed E-state index contributed by atoms with van der Waals surface area (Å²) in [6, 6.07) is 16.5. The number of rotatable bonds is 2. The SMILES string of the molecule is Clc1ccc2c(c1)OCC(I)=C2[Se]c1ccccc1. The summed E-state index contributed by atoms with van der Waals surface area (Å²) in [5.41, 5.74) is 1.18. The van der Waals surface area contributed by atoms with Gasteiger partial charge in [0.05, 0.1) is 0 Å². The van der Waals surface area contributed by atoms with Crippen molar-refractivity contribution >= 4 is 58.1 Å². The standard InChI is InChI=1S/C15H10ClIOSe/c16-10-6-7-12-14(8-10)18-9-13(17)15(12)19-11-4-2-1-3-5-11/h1-8H,9H2. The summed E-state index contributed by atoms with van der Waals surface area (Å²) < 4.78 is 9.81. The second-order valence-electron chi connectivity index (χ2n) is 4.08.